The van der Waals surface area contributed by atoms with Crippen molar-refractivity contribution in [2.24, 2.45) is 11.8 Å². The van der Waals surface area contributed by atoms with E-state index < -0.39 is 0 Å². The minimum atomic E-state index is -0.0677. The van der Waals surface area contributed by atoms with Crippen molar-refractivity contribution in [3.05, 3.63) is 0 Å². The van der Waals surface area contributed by atoms with Crippen LogP contribution in [0.5, 0.6) is 0 Å². The molecule has 1 atom stereocenters. The van der Waals surface area contributed by atoms with Gasteiger partial charge in [0, 0.05) is 19.6 Å². The molecule has 1 aliphatic heterocycles. The molecule has 1 aliphatic rings. The van der Waals surface area contributed by atoms with Gasteiger partial charge in [0.25, 0.3) is 0 Å². The zero-order chi connectivity index (χ0) is 8.81. The number of amides is 1. The first-order valence-corrected chi connectivity index (χ1v) is 4.40. The lowest BCUT2D eigenvalue weighted by Crippen LogP contribution is -2.31. The fraction of sp³-hybridized carbons (Fsp3) is 0.875. The lowest BCUT2D eigenvalue weighted by molar-refractivity contribution is -0.122. The van der Waals surface area contributed by atoms with Crippen LogP contribution in [0.1, 0.15) is 25.7 Å². The number of carbonyl (C=O) groups is 1. The summed E-state index contributed by atoms with van der Waals surface area (Å²) in [6.45, 7) is 1.61. The highest BCUT2D eigenvalue weighted by molar-refractivity contribution is 5.75. The van der Waals surface area contributed by atoms with Crippen LogP contribution in [-0.4, -0.2) is 19.1 Å². The molecule has 0 saturated carbocycles. The summed E-state index contributed by atoms with van der Waals surface area (Å²) in [5, 5.41) is 0. The number of hydrazine groups is 1. The molecule has 1 fully saturated rings. The van der Waals surface area contributed by atoms with Gasteiger partial charge in [-0.15, -0.1) is 0 Å². The summed E-state index contributed by atoms with van der Waals surface area (Å²) in [5.41, 5.74) is 2.15. The number of nitrogens with one attached hydrogen (secondary N) is 1. The molecule has 0 aromatic rings. The maximum Gasteiger partial charge on any atom is 0.234 e. The van der Waals surface area contributed by atoms with Gasteiger partial charge >= 0.3 is 0 Å². The predicted octanol–water partition coefficient (Wildman–Crippen LogP) is 0.183. The van der Waals surface area contributed by atoms with Crippen LogP contribution in [0.2, 0.25) is 0 Å². The van der Waals surface area contributed by atoms with Crippen molar-refractivity contribution in [3.63, 3.8) is 0 Å². The smallest absolute Gasteiger partial charge is 0.234 e. The van der Waals surface area contributed by atoms with Crippen molar-refractivity contribution in [1.82, 2.24) is 5.43 Å². The monoisotopic (exact) mass is 172 g/mol. The predicted molar refractivity (Wildman–Crippen MR) is 45.1 cm³/mol. The van der Waals surface area contributed by atoms with E-state index in [0.717, 1.165) is 32.5 Å². The minimum absolute atomic E-state index is 0.0677. The van der Waals surface area contributed by atoms with Crippen molar-refractivity contribution >= 4 is 5.91 Å². The molecule has 3 N–H and O–H groups in total. The van der Waals surface area contributed by atoms with E-state index in [1.165, 1.54) is 0 Å². The first-order chi connectivity index (χ1) is 5.83. The molecule has 1 amide bonds. The number of carbonyl (C=O) groups excluding carboxylic acids is 1. The van der Waals surface area contributed by atoms with Crippen LogP contribution in [0.25, 0.3) is 0 Å². The molecular weight excluding hydrogens is 156 g/mol. The highest BCUT2D eigenvalue weighted by atomic mass is 16.5. The van der Waals surface area contributed by atoms with E-state index in [1.807, 2.05) is 0 Å². The van der Waals surface area contributed by atoms with Crippen molar-refractivity contribution in [3.8, 4) is 0 Å². The zero-order valence-corrected chi connectivity index (χ0v) is 7.21. The van der Waals surface area contributed by atoms with E-state index >= 15 is 0 Å². The van der Waals surface area contributed by atoms with E-state index in [1.54, 1.807) is 0 Å². The number of rotatable bonds is 2. The highest BCUT2D eigenvalue weighted by Crippen LogP contribution is 2.18. The fourth-order valence-electron chi connectivity index (χ4n) is 1.50. The Labute approximate surface area is 72.4 Å². The van der Waals surface area contributed by atoms with E-state index in [9.17, 15) is 4.79 Å². The third-order valence-corrected chi connectivity index (χ3v) is 2.21. The van der Waals surface area contributed by atoms with Crippen molar-refractivity contribution in [2.45, 2.75) is 25.7 Å². The van der Waals surface area contributed by atoms with Gasteiger partial charge in [0.15, 0.2) is 0 Å². The molecule has 70 valence electrons. The normalized spacial score (nSPS) is 24.6. The molecule has 1 unspecified atom stereocenters. The Morgan fingerprint density at radius 2 is 2.33 bits per heavy atom. The van der Waals surface area contributed by atoms with Crippen LogP contribution in [0.4, 0.5) is 0 Å². The van der Waals surface area contributed by atoms with Gasteiger partial charge in [-0.05, 0) is 25.2 Å². The lowest BCUT2D eigenvalue weighted by Gasteiger charge is -2.10. The Kier molecular flexibility index (Phi) is 4.04. The van der Waals surface area contributed by atoms with E-state index in [2.05, 4.69) is 5.43 Å². The van der Waals surface area contributed by atoms with E-state index in [0.29, 0.717) is 12.3 Å². The van der Waals surface area contributed by atoms with Gasteiger partial charge in [-0.3, -0.25) is 10.2 Å². The first-order valence-electron chi connectivity index (χ1n) is 4.40. The zero-order valence-electron chi connectivity index (χ0n) is 7.21. The summed E-state index contributed by atoms with van der Waals surface area (Å²) in [7, 11) is 0. The highest BCUT2D eigenvalue weighted by Gasteiger charge is 2.15. The number of ether oxygens (including phenoxy) is 1. The van der Waals surface area contributed by atoms with Crippen LogP contribution < -0.4 is 11.3 Å². The largest absolute Gasteiger partial charge is 0.381 e. The maximum atomic E-state index is 10.9. The Hall–Kier alpha value is -0.610. The summed E-state index contributed by atoms with van der Waals surface area (Å²) < 4.78 is 5.28. The Bertz CT molecular complexity index is 142. The molecule has 0 aromatic heterocycles. The van der Waals surface area contributed by atoms with Gasteiger partial charge in [0.1, 0.15) is 0 Å². The topological polar surface area (TPSA) is 64.3 Å². The van der Waals surface area contributed by atoms with E-state index in [4.69, 9.17) is 10.6 Å². The SMILES string of the molecule is NNC(=O)CC1CCCOCC1. The van der Waals surface area contributed by atoms with Gasteiger partial charge in [0.2, 0.25) is 5.91 Å². The molecule has 0 bridgehead atoms. The summed E-state index contributed by atoms with van der Waals surface area (Å²) in [6, 6.07) is 0. The van der Waals surface area contributed by atoms with Crippen LogP contribution in [-0.2, 0) is 9.53 Å². The number of nitrogens with two attached hydrogens (primary N) is 1. The average Bonchev–Trinajstić information content (AvgIpc) is 2.33. The van der Waals surface area contributed by atoms with Crippen LogP contribution in [0.3, 0.4) is 0 Å². The Morgan fingerprint density at radius 3 is 3.08 bits per heavy atom. The molecule has 0 spiro atoms. The maximum absolute atomic E-state index is 10.9. The molecule has 0 aromatic carbocycles. The van der Waals surface area contributed by atoms with Crippen molar-refractivity contribution < 1.29 is 9.53 Å². The molecular formula is C8H16N2O2. The molecule has 4 nitrogen and oxygen atoms in total. The average molecular weight is 172 g/mol. The van der Waals surface area contributed by atoms with Crippen LogP contribution in [0, 0.1) is 5.92 Å². The van der Waals surface area contributed by atoms with Crippen molar-refractivity contribution in [2.75, 3.05) is 13.2 Å². The molecule has 4 heteroatoms. The second-order valence-electron chi connectivity index (χ2n) is 3.18. The Morgan fingerprint density at radius 1 is 1.50 bits per heavy atom. The van der Waals surface area contributed by atoms with Gasteiger partial charge < -0.3 is 4.74 Å². The molecule has 0 aliphatic carbocycles. The Balaban J connectivity index is 2.24. The molecule has 1 saturated heterocycles. The number of hydrogen-bond donors (Lipinski definition) is 2. The quantitative estimate of drug-likeness (QED) is 0.355. The molecule has 0 radical (unpaired) electrons. The lowest BCUT2D eigenvalue weighted by atomic mass is 9.97. The third-order valence-electron chi connectivity index (χ3n) is 2.21. The number of hydrogen-bond acceptors (Lipinski definition) is 3. The summed E-state index contributed by atoms with van der Waals surface area (Å²) in [5.74, 6) is 5.38. The van der Waals surface area contributed by atoms with Gasteiger partial charge in [-0.2, -0.15) is 0 Å². The molecule has 1 rings (SSSR count). The third kappa shape index (κ3) is 3.19. The van der Waals surface area contributed by atoms with Crippen molar-refractivity contribution in [1.29, 1.82) is 0 Å². The van der Waals surface area contributed by atoms with Gasteiger partial charge in [0.05, 0.1) is 0 Å². The summed E-state index contributed by atoms with van der Waals surface area (Å²) >= 11 is 0. The van der Waals surface area contributed by atoms with E-state index in [-0.39, 0.29) is 5.91 Å². The van der Waals surface area contributed by atoms with Crippen LogP contribution in [0.15, 0.2) is 0 Å². The van der Waals surface area contributed by atoms with Gasteiger partial charge in [-0.25, -0.2) is 5.84 Å². The molecule has 12 heavy (non-hydrogen) atoms. The standard InChI is InChI=1S/C8H16N2O2/c9-10-8(11)6-7-2-1-4-12-5-3-7/h7H,1-6,9H2,(H,10,11). The molecule has 1 heterocycles. The summed E-state index contributed by atoms with van der Waals surface area (Å²) in [6.07, 6.45) is 3.66. The first kappa shape index (κ1) is 9.48. The summed E-state index contributed by atoms with van der Waals surface area (Å²) in [4.78, 5) is 10.9. The minimum Gasteiger partial charge on any atom is -0.381 e. The van der Waals surface area contributed by atoms with Crippen LogP contribution >= 0.6 is 0 Å². The second kappa shape index (κ2) is 5.11. The van der Waals surface area contributed by atoms with Gasteiger partial charge in [-0.1, -0.05) is 0 Å². The second-order valence-corrected chi connectivity index (χ2v) is 3.18. The fourth-order valence-corrected chi connectivity index (χ4v) is 1.50.